The van der Waals surface area contributed by atoms with Crippen molar-refractivity contribution >= 4 is 28.9 Å². The molecule has 2 nitrogen and oxygen atoms in total. The van der Waals surface area contributed by atoms with Gasteiger partial charge < -0.3 is 10.4 Å². The van der Waals surface area contributed by atoms with E-state index in [1.54, 1.807) is 18.2 Å². The van der Waals surface area contributed by atoms with Crippen molar-refractivity contribution in [2.45, 2.75) is 13.5 Å². The summed E-state index contributed by atoms with van der Waals surface area (Å²) in [6, 6.07) is 10.8. The number of hydrogen-bond acceptors (Lipinski definition) is 2. The van der Waals surface area contributed by atoms with Gasteiger partial charge in [-0.05, 0) is 30.7 Å². The van der Waals surface area contributed by atoms with Crippen LogP contribution in [0.1, 0.15) is 11.1 Å². The number of phenols is 1. The van der Waals surface area contributed by atoms with Crippen molar-refractivity contribution in [1.29, 1.82) is 0 Å². The molecular formula is C14H13Cl2NO. The normalized spacial score (nSPS) is 10.4. The van der Waals surface area contributed by atoms with Gasteiger partial charge in [-0.15, -0.1) is 0 Å². The number of benzene rings is 2. The Morgan fingerprint density at radius 2 is 1.72 bits per heavy atom. The standard InChI is InChI=1S/C14H13Cl2NO/c1-9-4-2-6-12(16)14(9)17-8-10-11(15)5-3-7-13(10)18/h2-7,17-18H,8H2,1H3. The van der Waals surface area contributed by atoms with Crippen LogP contribution < -0.4 is 5.32 Å². The zero-order valence-electron chi connectivity index (χ0n) is 9.87. The van der Waals surface area contributed by atoms with Gasteiger partial charge >= 0.3 is 0 Å². The van der Waals surface area contributed by atoms with Gasteiger partial charge in [0.1, 0.15) is 5.75 Å². The summed E-state index contributed by atoms with van der Waals surface area (Å²) >= 11 is 12.2. The van der Waals surface area contributed by atoms with Crippen LogP contribution in [0.3, 0.4) is 0 Å². The lowest BCUT2D eigenvalue weighted by Crippen LogP contribution is -2.02. The van der Waals surface area contributed by atoms with Gasteiger partial charge in [0.25, 0.3) is 0 Å². The predicted octanol–water partition coefficient (Wildman–Crippen LogP) is 4.62. The molecule has 0 aliphatic carbocycles. The minimum Gasteiger partial charge on any atom is -0.508 e. The third kappa shape index (κ3) is 2.71. The fraction of sp³-hybridized carbons (Fsp3) is 0.143. The maximum Gasteiger partial charge on any atom is 0.122 e. The molecule has 0 amide bonds. The molecule has 0 fully saturated rings. The van der Waals surface area contributed by atoms with Crippen LogP contribution in [0.25, 0.3) is 0 Å². The topological polar surface area (TPSA) is 32.3 Å². The van der Waals surface area contributed by atoms with Gasteiger partial charge in [-0.1, -0.05) is 41.4 Å². The Bertz CT molecular complexity index is 478. The van der Waals surface area contributed by atoms with E-state index in [2.05, 4.69) is 5.32 Å². The molecule has 0 unspecified atom stereocenters. The molecule has 0 heterocycles. The average molecular weight is 282 g/mol. The fourth-order valence-corrected chi connectivity index (χ4v) is 2.28. The Labute approximate surface area is 116 Å². The fourth-order valence-electron chi connectivity index (χ4n) is 1.75. The van der Waals surface area contributed by atoms with Crippen molar-refractivity contribution in [2.24, 2.45) is 0 Å². The van der Waals surface area contributed by atoms with Gasteiger partial charge in [0.2, 0.25) is 0 Å². The van der Waals surface area contributed by atoms with Crippen LogP contribution in [0.5, 0.6) is 5.75 Å². The van der Waals surface area contributed by atoms with Gasteiger partial charge in [0.05, 0.1) is 10.7 Å². The summed E-state index contributed by atoms with van der Waals surface area (Å²) < 4.78 is 0. The Hall–Kier alpha value is -1.38. The molecule has 2 aromatic rings. The van der Waals surface area contributed by atoms with E-state index < -0.39 is 0 Å². The van der Waals surface area contributed by atoms with E-state index in [1.165, 1.54) is 0 Å². The van der Waals surface area contributed by atoms with Crippen molar-refractivity contribution < 1.29 is 5.11 Å². The SMILES string of the molecule is Cc1cccc(Cl)c1NCc1c(O)cccc1Cl. The first-order valence-corrected chi connectivity index (χ1v) is 6.30. The van der Waals surface area contributed by atoms with Crippen molar-refractivity contribution in [3.63, 3.8) is 0 Å². The first-order valence-electron chi connectivity index (χ1n) is 5.55. The zero-order chi connectivity index (χ0) is 13.1. The minimum absolute atomic E-state index is 0.180. The number of aryl methyl sites for hydroxylation is 1. The molecule has 0 radical (unpaired) electrons. The third-order valence-electron chi connectivity index (χ3n) is 2.76. The summed E-state index contributed by atoms with van der Waals surface area (Å²) in [5.41, 5.74) is 2.58. The molecule has 94 valence electrons. The first kappa shape index (κ1) is 13.1. The Balaban J connectivity index is 2.22. The maximum atomic E-state index is 9.75. The molecule has 0 spiro atoms. The molecule has 0 aliphatic rings. The van der Waals surface area contributed by atoms with Crippen LogP contribution >= 0.6 is 23.2 Å². The van der Waals surface area contributed by atoms with E-state index in [0.29, 0.717) is 22.2 Å². The quantitative estimate of drug-likeness (QED) is 0.861. The lowest BCUT2D eigenvalue weighted by Gasteiger charge is -2.13. The van der Waals surface area contributed by atoms with Gasteiger partial charge in [0, 0.05) is 17.1 Å². The lowest BCUT2D eigenvalue weighted by atomic mass is 10.1. The molecule has 0 saturated heterocycles. The van der Waals surface area contributed by atoms with Crippen LogP contribution in [-0.2, 0) is 6.54 Å². The minimum atomic E-state index is 0.180. The summed E-state index contributed by atoms with van der Waals surface area (Å²) in [5.74, 6) is 0.180. The highest BCUT2D eigenvalue weighted by molar-refractivity contribution is 6.33. The number of anilines is 1. The van der Waals surface area contributed by atoms with Crippen LogP contribution in [0.15, 0.2) is 36.4 Å². The van der Waals surface area contributed by atoms with E-state index >= 15 is 0 Å². The predicted molar refractivity (Wildman–Crippen MR) is 76.6 cm³/mol. The smallest absolute Gasteiger partial charge is 0.122 e. The summed E-state index contributed by atoms with van der Waals surface area (Å²) in [6.45, 7) is 2.40. The Kier molecular flexibility index (Phi) is 4.00. The van der Waals surface area contributed by atoms with E-state index in [4.69, 9.17) is 23.2 Å². The second-order valence-corrected chi connectivity index (χ2v) is 4.84. The number of para-hydroxylation sites is 1. The average Bonchev–Trinajstić information content (AvgIpc) is 2.31. The maximum absolute atomic E-state index is 9.75. The monoisotopic (exact) mass is 281 g/mol. The van der Waals surface area contributed by atoms with Gasteiger partial charge in [0.15, 0.2) is 0 Å². The Morgan fingerprint density at radius 1 is 1.06 bits per heavy atom. The van der Waals surface area contributed by atoms with E-state index in [-0.39, 0.29) is 5.75 Å². The summed E-state index contributed by atoms with van der Waals surface area (Å²) in [6.07, 6.45) is 0. The number of hydrogen-bond donors (Lipinski definition) is 2. The van der Waals surface area contributed by atoms with Gasteiger partial charge in [-0.2, -0.15) is 0 Å². The molecule has 0 aromatic heterocycles. The van der Waals surface area contributed by atoms with Crippen molar-refractivity contribution in [3.05, 3.63) is 57.6 Å². The molecule has 18 heavy (non-hydrogen) atoms. The summed E-state index contributed by atoms with van der Waals surface area (Å²) in [7, 11) is 0. The molecule has 4 heteroatoms. The first-order chi connectivity index (χ1) is 8.59. The van der Waals surface area contributed by atoms with Gasteiger partial charge in [-0.25, -0.2) is 0 Å². The lowest BCUT2D eigenvalue weighted by molar-refractivity contribution is 0.469. The highest BCUT2D eigenvalue weighted by Gasteiger charge is 2.08. The van der Waals surface area contributed by atoms with Gasteiger partial charge in [-0.3, -0.25) is 0 Å². The number of nitrogens with one attached hydrogen (secondary N) is 1. The van der Waals surface area contributed by atoms with Crippen molar-refractivity contribution in [3.8, 4) is 5.75 Å². The third-order valence-corrected chi connectivity index (χ3v) is 3.43. The van der Waals surface area contributed by atoms with Crippen LogP contribution in [0.4, 0.5) is 5.69 Å². The molecule has 0 aliphatic heterocycles. The highest BCUT2D eigenvalue weighted by atomic mass is 35.5. The van der Waals surface area contributed by atoms with Crippen LogP contribution in [-0.4, -0.2) is 5.11 Å². The molecular weight excluding hydrogens is 269 g/mol. The number of aromatic hydroxyl groups is 1. The summed E-state index contributed by atoms with van der Waals surface area (Å²) in [5, 5.41) is 14.1. The van der Waals surface area contributed by atoms with Crippen LogP contribution in [0, 0.1) is 6.92 Å². The van der Waals surface area contributed by atoms with Crippen LogP contribution in [0.2, 0.25) is 10.0 Å². The molecule has 0 atom stereocenters. The molecule has 2 N–H and O–H groups in total. The van der Waals surface area contributed by atoms with Crippen molar-refractivity contribution in [2.75, 3.05) is 5.32 Å². The van der Waals surface area contributed by atoms with E-state index in [9.17, 15) is 5.11 Å². The largest absolute Gasteiger partial charge is 0.508 e. The Morgan fingerprint density at radius 3 is 2.39 bits per heavy atom. The van der Waals surface area contributed by atoms with E-state index in [0.717, 1.165) is 11.3 Å². The number of phenolic OH excluding ortho intramolecular Hbond substituents is 1. The second-order valence-electron chi connectivity index (χ2n) is 4.02. The number of rotatable bonds is 3. The van der Waals surface area contributed by atoms with E-state index in [1.807, 2.05) is 25.1 Å². The second kappa shape index (κ2) is 5.51. The molecule has 2 rings (SSSR count). The summed E-state index contributed by atoms with van der Waals surface area (Å²) in [4.78, 5) is 0. The molecule has 0 saturated carbocycles. The number of halogens is 2. The molecule has 0 bridgehead atoms. The highest BCUT2D eigenvalue weighted by Crippen LogP contribution is 2.29. The zero-order valence-corrected chi connectivity index (χ0v) is 11.4. The van der Waals surface area contributed by atoms with Crippen molar-refractivity contribution in [1.82, 2.24) is 0 Å². The molecule has 2 aromatic carbocycles.